The van der Waals surface area contributed by atoms with E-state index in [0.29, 0.717) is 0 Å². The Morgan fingerprint density at radius 3 is 1.20 bits per heavy atom. The highest BCUT2D eigenvalue weighted by molar-refractivity contribution is 7.86. The molecule has 4 nitrogen and oxygen atoms in total. The van der Waals surface area contributed by atoms with Gasteiger partial charge in [-0.1, -0.05) is 0 Å². The molecule has 10 heavy (non-hydrogen) atoms. The monoisotopic (exact) mass is 186 g/mol. The van der Waals surface area contributed by atoms with Gasteiger partial charge in [0.05, 0.1) is 13.2 Å². The van der Waals surface area contributed by atoms with Gasteiger partial charge in [0.15, 0.2) is 9.87 Å². The van der Waals surface area contributed by atoms with Crippen LogP contribution in [0, 0.1) is 0 Å². The molecule has 0 aliphatic carbocycles. The van der Waals surface area contributed by atoms with Crippen LogP contribution in [0.2, 0.25) is 0 Å². The van der Waals surface area contributed by atoms with Crippen LogP contribution in [0.25, 0.3) is 0 Å². The van der Waals surface area contributed by atoms with Crippen molar-refractivity contribution in [3.05, 3.63) is 0 Å². The number of rotatable bonds is 3. The first kappa shape index (κ1) is 10.5. The Bertz CT molecular complexity index is 99.8. The third-order valence-corrected chi connectivity index (χ3v) is 2.28. The third-order valence-electron chi connectivity index (χ3n) is 1.08. The Morgan fingerprint density at radius 2 is 1.10 bits per heavy atom. The molecule has 0 radical (unpaired) electrons. The van der Waals surface area contributed by atoms with E-state index >= 15 is 0 Å². The smallest absolute Gasteiger partial charge is 0.170 e. The van der Waals surface area contributed by atoms with Gasteiger partial charge in [-0.25, -0.2) is 0 Å². The zero-order chi connectivity index (χ0) is 8.41. The van der Waals surface area contributed by atoms with E-state index < -0.39 is 23.1 Å². The van der Waals surface area contributed by atoms with E-state index in [1.165, 1.54) is 0 Å². The quantitative estimate of drug-likeness (QED) is 0.232. The summed E-state index contributed by atoms with van der Waals surface area (Å²) in [5.74, 6) is 0. The molecule has 0 unspecified atom stereocenters. The summed E-state index contributed by atoms with van der Waals surface area (Å²) in [6, 6.07) is 0. The van der Waals surface area contributed by atoms with E-state index in [0.717, 1.165) is 0 Å². The van der Waals surface area contributed by atoms with Crippen LogP contribution in [0.15, 0.2) is 0 Å². The second-order valence-electron chi connectivity index (χ2n) is 1.95. The highest BCUT2D eigenvalue weighted by Gasteiger charge is 2.43. The van der Waals surface area contributed by atoms with Gasteiger partial charge < -0.3 is 20.4 Å². The molecule has 4 N–H and O–H groups in total. The lowest BCUT2D eigenvalue weighted by molar-refractivity contribution is -0.0809. The van der Waals surface area contributed by atoms with Gasteiger partial charge in [-0.15, -0.1) is 25.3 Å². The lowest BCUT2D eigenvalue weighted by Crippen LogP contribution is -2.51. The topological polar surface area (TPSA) is 80.9 Å². The first-order valence-corrected chi connectivity index (χ1v) is 3.38. The molecule has 0 bridgehead atoms. The molecule has 0 heterocycles. The molecule has 62 valence electrons. The van der Waals surface area contributed by atoms with Crippen molar-refractivity contribution in [2.24, 2.45) is 0 Å². The largest absolute Gasteiger partial charge is 0.392 e. The summed E-state index contributed by atoms with van der Waals surface area (Å²) in [4.78, 5) is -4.18. The molecule has 0 aromatic rings. The van der Waals surface area contributed by atoms with E-state index in [1.54, 1.807) is 0 Å². The van der Waals surface area contributed by atoms with Crippen molar-refractivity contribution in [2.45, 2.75) is 9.87 Å². The average Bonchev–Trinajstić information content (AvgIpc) is 1.88. The van der Waals surface area contributed by atoms with Crippen molar-refractivity contribution >= 4 is 25.3 Å². The summed E-state index contributed by atoms with van der Waals surface area (Å²) in [6.45, 7) is -1.59. The minimum absolute atomic E-state index is 0.795. The van der Waals surface area contributed by atoms with E-state index in [4.69, 9.17) is 20.4 Å². The number of aliphatic hydroxyl groups is 4. The molecule has 0 rings (SSSR count). The number of hydrogen-bond donors (Lipinski definition) is 6. The second-order valence-corrected chi connectivity index (χ2v) is 3.43. The van der Waals surface area contributed by atoms with Crippen molar-refractivity contribution < 1.29 is 20.4 Å². The maximum Gasteiger partial charge on any atom is 0.170 e. The normalized spacial score (nSPS) is 23.4. The van der Waals surface area contributed by atoms with Gasteiger partial charge in [0.2, 0.25) is 0 Å². The van der Waals surface area contributed by atoms with Gasteiger partial charge in [-0.2, -0.15) is 0 Å². The van der Waals surface area contributed by atoms with Crippen molar-refractivity contribution in [3.8, 4) is 0 Å². The zero-order valence-corrected chi connectivity index (χ0v) is 6.89. The maximum absolute atomic E-state index is 8.98. The molecule has 0 amide bonds. The highest BCUT2D eigenvalue weighted by atomic mass is 32.1. The number of aliphatic hydroxyl groups excluding tert-OH is 2. The summed E-state index contributed by atoms with van der Waals surface area (Å²) < 4.78 is 0. The van der Waals surface area contributed by atoms with E-state index in [9.17, 15) is 0 Å². The fraction of sp³-hybridized carbons (Fsp3) is 1.00. The van der Waals surface area contributed by atoms with Gasteiger partial charge in [-0.3, -0.25) is 0 Å². The van der Waals surface area contributed by atoms with E-state index in [-0.39, 0.29) is 0 Å². The Hall–Kier alpha value is 0.540. The molecule has 0 aromatic heterocycles. The van der Waals surface area contributed by atoms with Gasteiger partial charge in [0.1, 0.15) is 0 Å². The van der Waals surface area contributed by atoms with Crippen molar-refractivity contribution in [1.29, 1.82) is 0 Å². The first-order valence-electron chi connectivity index (χ1n) is 2.48. The highest BCUT2D eigenvalue weighted by Crippen LogP contribution is 2.28. The van der Waals surface area contributed by atoms with E-state index in [2.05, 4.69) is 25.3 Å². The predicted molar refractivity (Wildman–Crippen MR) is 42.0 cm³/mol. The lowest BCUT2D eigenvalue weighted by atomic mass is 10.2. The summed E-state index contributed by atoms with van der Waals surface area (Å²) in [5, 5.41) is 34.8. The zero-order valence-electron chi connectivity index (χ0n) is 5.10. The minimum atomic E-state index is -2.09. The SMILES string of the molecule is OC[C@](O)(S)[C@](O)(S)CO. The Labute approximate surface area is 69.3 Å². The minimum Gasteiger partial charge on any atom is -0.392 e. The standard InChI is InChI=1S/C4H10O4S2/c5-1-3(7,9)4(8,10)2-6/h5-10H,1-2H2/t3-,4+. The van der Waals surface area contributed by atoms with Crippen LogP contribution in [-0.2, 0) is 0 Å². The maximum atomic E-state index is 8.98. The first-order chi connectivity index (χ1) is 4.37. The fourth-order valence-electron chi connectivity index (χ4n) is 0.253. The van der Waals surface area contributed by atoms with Crippen LogP contribution in [0.4, 0.5) is 0 Å². The summed E-state index contributed by atoms with van der Waals surface area (Å²) in [6.07, 6.45) is 0. The summed E-state index contributed by atoms with van der Waals surface area (Å²) in [7, 11) is 0. The molecule has 0 saturated heterocycles. The molecule has 0 aromatic carbocycles. The molecular formula is C4H10O4S2. The number of hydrogen-bond acceptors (Lipinski definition) is 6. The van der Waals surface area contributed by atoms with Crippen molar-refractivity contribution in [1.82, 2.24) is 0 Å². The molecule has 6 heteroatoms. The van der Waals surface area contributed by atoms with Crippen LogP contribution in [-0.4, -0.2) is 43.5 Å². The van der Waals surface area contributed by atoms with Crippen LogP contribution < -0.4 is 0 Å². The van der Waals surface area contributed by atoms with Gasteiger partial charge in [0, 0.05) is 0 Å². The summed E-state index contributed by atoms with van der Waals surface area (Å²) in [5.41, 5.74) is 0. The molecule has 0 saturated carbocycles. The fourth-order valence-corrected chi connectivity index (χ4v) is 0.395. The molecule has 2 atom stereocenters. The average molecular weight is 186 g/mol. The van der Waals surface area contributed by atoms with Gasteiger partial charge >= 0.3 is 0 Å². The van der Waals surface area contributed by atoms with Gasteiger partial charge in [-0.05, 0) is 0 Å². The van der Waals surface area contributed by atoms with E-state index in [1.807, 2.05) is 0 Å². The van der Waals surface area contributed by atoms with Crippen molar-refractivity contribution in [2.75, 3.05) is 13.2 Å². The van der Waals surface area contributed by atoms with Crippen LogP contribution >= 0.6 is 25.3 Å². The predicted octanol–water partition coefficient (Wildman–Crippen LogP) is -1.79. The Morgan fingerprint density at radius 1 is 0.900 bits per heavy atom. The van der Waals surface area contributed by atoms with Crippen molar-refractivity contribution in [3.63, 3.8) is 0 Å². The van der Waals surface area contributed by atoms with Gasteiger partial charge in [0.25, 0.3) is 0 Å². The molecule has 0 aliphatic heterocycles. The molecule has 0 fully saturated rings. The Balaban J connectivity index is 4.28. The summed E-state index contributed by atoms with van der Waals surface area (Å²) >= 11 is 6.93. The third kappa shape index (κ3) is 2.01. The Kier molecular flexibility index (Phi) is 3.47. The number of thiol groups is 2. The molecule has 0 spiro atoms. The van der Waals surface area contributed by atoms with Crippen LogP contribution in [0.5, 0.6) is 0 Å². The lowest BCUT2D eigenvalue weighted by Gasteiger charge is -2.33. The van der Waals surface area contributed by atoms with Crippen LogP contribution in [0.3, 0.4) is 0 Å². The molecular weight excluding hydrogens is 176 g/mol. The van der Waals surface area contributed by atoms with Crippen LogP contribution in [0.1, 0.15) is 0 Å². The molecule has 0 aliphatic rings. The second kappa shape index (κ2) is 3.29.